The van der Waals surface area contributed by atoms with E-state index in [9.17, 15) is 4.79 Å². The van der Waals surface area contributed by atoms with Crippen LogP contribution in [0.3, 0.4) is 0 Å². The number of nitrogens with two attached hydrogens (primary N) is 1. The molecule has 0 atom stereocenters. The minimum absolute atomic E-state index is 0.188. The molecular weight excluding hydrogens is 182 g/mol. The topological polar surface area (TPSA) is 43.1 Å². The molecule has 0 aliphatic carbocycles. The summed E-state index contributed by atoms with van der Waals surface area (Å²) < 4.78 is -0.362. The maximum Gasteiger partial charge on any atom is 0.233 e. The van der Waals surface area contributed by atoms with E-state index in [1.807, 2.05) is 32.9 Å². The van der Waals surface area contributed by atoms with Crippen LogP contribution in [0.5, 0.6) is 0 Å². The van der Waals surface area contributed by atoms with Gasteiger partial charge < -0.3 is 5.73 Å². The van der Waals surface area contributed by atoms with Gasteiger partial charge in [0.05, 0.1) is 4.75 Å². The highest BCUT2D eigenvalue weighted by Crippen LogP contribution is 2.32. The van der Waals surface area contributed by atoms with Crippen molar-refractivity contribution < 1.29 is 4.79 Å². The summed E-state index contributed by atoms with van der Waals surface area (Å²) in [6.07, 6.45) is 5.65. The van der Waals surface area contributed by atoms with E-state index in [-0.39, 0.29) is 10.7 Å². The van der Waals surface area contributed by atoms with Crippen LogP contribution < -0.4 is 5.73 Å². The number of thioether (sulfide) groups is 1. The Hall–Kier alpha value is -0.440. The van der Waals surface area contributed by atoms with Gasteiger partial charge in [0, 0.05) is 5.75 Å². The molecule has 2 nitrogen and oxygen atoms in total. The Bertz CT molecular complexity index is 185. The van der Waals surface area contributed by atoms with E-state index in [0.717, 1.165) is 18.6 Å². The zero-order chi connectivity index (χ0) is 10.3. The highest BCUT2D eigenvalue weighted by atomic mass is 32.2. The smallest absolute Gasteiger partial charge is 0.233 e. The summed E-state index contributed by atoms with van der Waals surface area (Å²) in [4.78, 5) is 11.3. The number of allylic oxidation sites excluding steroid dienone is 1. The number of hydrogen-bond donors (Lipinski definition) is 1. The number of hydrogen-bond acceptors (Lipinski definition) is 2. The molecule has 0 aromatic heterocycles. The van der Waals surface area contributed by atoms with Gasteiger partial charge in [-0.3, -0.25) is 4.79 Å². The van der Waals surface area contributed by atoms with Crippen LogP contribution in [0.1, 0.15) is 33.6 Å². The van der Waals surface area contributed by atoms with Crippen molar-refractivity contribution in [2.45, 2.75) is 38.4 Å². The molecule has 0 spiro atoms. The molecule has 3 heteroatoms. The van der Waals surface area contributed by atoms with Crippen LogP contribution >= 0.6 is 11.8 Å². The van der Waals surface area contributed by atoms with Gasteiger partial charge in [-0.1, -0.05) is 26.0 Å². The van der Waals surface area contributed by atoms with Gasteiger partial charge in [-0.2, -0.15) is 0 Å². The Morgan fingerprint density at radius 3 is 2.31 bits per heavy atom. The molecule has 0 radical (unpaired) electrons. The lowest BCUT2D eigenvalue weighted by molar-refractivity contribution is -0.120. The third-order valence-corrected chi connectivity index (χ3v) is 3.97. The monoisotopic (exact) mass is 201 g/mol. The standard InChI is InChI=1S/C10H19NOS/c1-4-7-8-13-10(5-2,6-3)9(11)12/h4,7H,5-6,8H2,1-3H3,(H2,11,12)/b7-4+. The molecule has 0 rings (SSSR count). The summed E-state index contributed by atoms with van der Waals surface area (Å²) in [7, 11) is 0. The molecule has 0 bridgehead atoms. The number of carbonyl (C=O) groups is 1. The van der Waals surface area contributed by atoms with Crippen LogP contribution in [0.25, 0.3) is 0 Å². The Balaban J connectivity index is 4.30. The van der Waals surface area contributed by atoms with Crippen molar-refractivity contribution in [2.75, 3.05) is 5.75 Å². The Morgan fingerprint density at radius 1 is 1.46 bits per heavy atom. The largest absolute Gasteiger partial charge is 0.368 e. The van der Waals surface area contributed by atoms with E-state index in [0.29, 0.717) is 0 Å². The van der Waals surface area contributed by atoms with Gasteiger partial charge in [0.15, 0.2) is 0 Å². The van der Waals surface area contributed by atoms with E-state index in [1.165, 1.54) is 0 Å². The first kappa shape index (κ1) is 12.6. The van der Waals surface area contributed by atoms with E-state index in [4.69, 9.17) is 5.73 Å². The fraction of sp³-hybridized carbons (Fsp3) is 0.700. The minimum Gasteiger partial charge on any atom is -0.368 e. The molecule has 0 aliphatic rings. The lowest BCUT2D eigenvalue weighted by atomic mass is 10.0. The third kappa shape index (κ3) is 3.43. The first-order valence-corrected chi connectivity index (χ1v) is 5.66. The Labute approximate surface area is 85.0 Å². The molecule has 0 saturated heterocycles. The Morgan fingerprint density at radius 2 is 2.00 bits per heavy atom. The summed E-state index contributed by atoms with van der Waals surface area (Å²) >= 11 is 1.64. The Kier molecular flexibility index (Phi) is 5.88. The van der Waals surface area contributed by atoms with Crippen LogP contribution in [0, 0.1) is 0 Å². The van der Waals surface area contributed by atoms with E-state index in [1.54, 1.807) is 11.8 Å². The van der Waals surface area contributed by atoms with Crippen molar-refractivity contribution in [3.63, 3.8) is 0 Å². The van der Waals surface area contributed by atoms with Crippen LogP contribution in [0.2, 0.25) is 0 Å². The van der Waals surface area contributed by atoms with Crippen molar-refractivity contribution in [1.29, 1.82) is 0 Å². The zero-order valence-electron chi connectivity index (χ0n) is 8.67. The summed E-state index contributed by atoms with van der Waals surface area (Å²) in [5, 5.41) is 0. The van der Waals surface area contributed by atoms with Gasteiger partial charge >= 0.3 is 0 Å². The maximum absolute atomic E-state index is 11.3. The summed E-state index contributed by atoms with van der Waals surface area (Å²) in [6.45, 7) is 6.00. The molecule has 0 unspecified atom stereocenters. The summed E-state index contributed by atoms with van der Waals surface area (Å²) in [5.41, 5.74) is 5.39. The lowest BCUT2D eigenvalue weighted by Crippen LogP contribution is -2.39. The van der Waals surface area contributed by atoms with Crippen LogP contribution in [0.15, 0.2) is 12.2 Å². The number of primary amides is 1. The second-order valence-corrected chi connectivity index (χ2v) is 4.35. The van der Waals surface area contributed by atoms with Crippen LogP contribution in [0.4, 0.5) is 0 Å². The number of amides is 1. The van der Waals surface area contributed by atoms with Gasteiger partial charge in [-0.05, 0) is 19.8 Å². The molecular formula is C10H19NOS. The fourth-order valence-corrected chi connectivity index (χ4v) is 2.34. The predicted octanol–water partition coefficient (Wildman–Crippen LogP) is 2.34. The van der Waals surface area contributed by atoms with Crippen molar-refractivity contribution in [2.24, 2.45) is 5.73 Å². The second kappa shape index (κ2) is 6.08. The summed E-state index contributed by atoms with van der Waals surface area (Å²) in [5.74, 6) is 0.674. The van der Waals surface area contributed by atoms with Crippen molar-refractivity contribution in [3.05, 3.63) is 12.2 Å². The lowest BCUT2D eigenvalue weighted by Gasteiger charge is -2.26. The van der Waals surface area contributed by atoms with E-state index >= 15 is 0 Å². The number of carbonyl (C=O) groups excluding carboxylic acids is 1. The molecule has 2 N–H and O–H groups in total. The maximum atomic E-state index is 11.3. The average molecular weight is 201 g/mol. The molecule has 0 aromatic rings. The van der Waals surface area contributed by atoms with Gasteiger partial charge in [-0.25, -0.2) is 0 Å². The van der Waals surface area contributed by atoms with Crippen LogP contribution in [-0.4, -0.2) is 16.4 Å². The van der Waals surface area contributed by atoms with Crippen molar-refractivity contribution in [3.8, 4) is 0 Å². The molecule has 0 fully saturated rings. The SMILES string of the molecule is C/C=C/CSC(CC)(CC)C(N)=O. The van der Waals surface area contributed by atoms with Gasteiger partial charge in [0.25, 0.3) is 0 Å². The molecule has 0 aromatic carbocycles. The van der Waals surface area contributed by atoms with E-state index in [2.05, 4.69) is 0 Å². The van der Waals surface area contributed by atoms with E-state index < -0.39 is 0 Å². The van der Waals surface area contributed by atoms with Crippen molar-refractivity contribution in [1.82, 2.24) is 0 Å². The third-order valence-electron chi connectivity index (χ3n) is 2.28. The highest BCUT2D eigenvalue weighted by molar-refractivity contribution is 8.01. The number of rotatable bonds is 6. The zero-order valence-corrected chi connectivity index (χ0v) is 9.49. The first-order chi connectivity index (χ1) is 6.13. The quantitative estimate of drug-likeness (QED) is 0.670. The predicted molar refractivity (Wildman–Crippen MR) is 59.8 cm³/mol. The fourth-order valence-electron chi connectivity index (χ4n) is 1.18. The van der Waals surface area contributed by atoms with Crippen molar-refractivity contribution >= 4 is 17.7 Å². The van der Waals surface area contributed by atoms with Gasteiger partial charge in [-0.15, -0.1) is 11.8 Å². The first-order valence-electron chi connectivity index (χ1n) is 4.68. The molecule has 1 amide bonds. The van der Waals surface area contributed by atoms with Gasteiger partial charge in [0.1, 0.15) is 0 Å². The molecule has 76 valence electrons. The van der Waals surface area contributed by atoms with Gasteiger partial charge in [0.2, 0.25) is 5.91 Å². The molecule has 0 saturated carbocycles. The second-order valence-electron chi connectivity index (χ2n) is 2.95. The van der Waals surface area contributed by atoms with Crippen LogP contribution in [-0.2, 0) is 4.79 Å². The highest BCUT2D eigenvalue weighted by Gasteiger charge is 2.32. The normalized spacial score (nSPS) is 12.2. The molecule has 0 heterocycles. The minimum atomic E-state index is -0.362. The molecule has 0 aliphatic heterocycles. The molecule has 13 heavy (non-hydrogen) atoms. The average Bonchev–Trinajstić information content (AvgIpc) is 2.13. The summed E-state index contributed by atoms with van der Waals surface area (Å²) in [6, 6.07) is 0.